The second-order valence-corrected chi connectivity index (χ2v) is 5.81. The van der Waals surface area contributed by atoms with Gasteiger partial charge < -0.3 is 15.1 Å². The standard InChI is InChI=1S/C15H23N5O/c1-3-6-16-13-9-14(18-11(2)17-13)19-7-8-20-12(10-19)4-5-15(20)21/h9,12H,3-8,10H2,1-2H3,(H,16,17,18). The molecule has 0 radical (unpaired) electrons. The normalized spacial score (nSPS) is 21.6. The molecule has 3 heterocycles. The molecule has 2 fully saturated rings. The molecular weight excluding hydrogens is 266 g/mol. The fourth-order valence-electron chi connectivity index (χ4n) is 3.13. The third-order valence-electron chi connectivity index (χ3n) is 4.20. The number of fused-ring (bicyclic) bond motifs is 1. The van der Waals surface area contributed by atoms with Crippen LogP contribution in [-0.2, 0) is 4.79 Å². The van der Waals surface area contributed by atoms with Crippen molar-refractivity contribution in [3.63, 3.8) is 0 Å². The molecule has 0 bridgehead atoms. The van der Waals surface area contributed by atoms with E-state index in [-0.39, 0.29) is 0 Å². The monoisotopic (exact) mass is 289 g/mol. The van der Waals surface area contributed by atoms with Crippen LogP contribution in [0.1, 0.15) is 32.0 Å². The molecular formula is C15H23N5O. The Morgan fingerprint density at radius 3 is 3.05 bits per heavy atom. The molecule has 0 aromatic carbocycles. The Kier molecular flexibility index (Phi) is 3.94. The maximum Gasteiger partial charge on any atom is 0.223 e. The minimum atomic E-state index is 0.309. The molecule has 1 aromatic heterocycles. The highest BCUT2D eigenvalue weighted by Gasteiger charge is 2.35. The lowest BCUT2D eigenvalue weighted by atomic mass is 10.1. The zero-order valence-corrected chi connectivity index (χ0v) is 12.8. The summed E-state index contributed by atoms with van der Waals surface area (Å²) in [5, 5.41) is 3.33. The van der Waals surface area contributed by atoms with Crippen LogP contribution >= 0.6 is 0 Å². The van der Waals surface area contributed by atoms with Gasteiger partial charge in [0, 0.05) is 44.7 Å². The number of hydrogen-bond donors (Lipinski definition) is 1. The summed E-state index contributed by atoms with van der Waals surface area (Å²) in [5.41, 5.74) is 0. The number of amides is 1. The van der Waals surface area contributed by atoms with E-state index in [1.54, 1.807) is 0 Å². The van der Waals surface area contributed by atoms with Crippen molar-refractivity contribution in [1.29, 1.82) is 0 Å². The first kappa shape index (κ1) is 14.1. The molecule has 2 aliphatic heterocycles. The molecule has 6 nitrogen and oxygen atoms in total. The summed E-state index contributed by atoms with van der Waals surface area (Å²) in [4.78, 5) is 25.1. The van der Waals surface area contributed by atoms with Gasteiger partial charge in [-0.25, -0.2) is 9.97 Å². The molecule has 2 aliphatic rings. The minimum Gasteiger partial charge on any atom is -0.370 e. The lowest BCUT2D eigenvalue weighted by molar-refractivity contribution is -0.129. The van der Waals surface area contributed by atoms with E-state index >= 15 is 0 Å². The third-order valence-corrected chi connectivity index (χ3v) is 4.20. The van der Waals surface area contributed by atoms with Crippen molar-refractivity contribution in [3.8, 4) is 0 Å². The Morgan fingerprint density at radius 2 is 2.24 bits per heavy atom. The van der Waals surface area contributed by atoms with Gasteiger partial charge in [-0.3, -0.25) is 4.79 Å². The van der Waals surface area contributed by atoms with Crippen LogP contribution < -0.4 is 10.2 Å². The van der Waals surface area contributed by atoms with E-state index < -0.39 is 0 Å². The first-order valence-corrected chi connectivity index (χ1v) is 7.81. The molecule has 1 aromatic rings. The van der Waals surface area contributed by atoms with E-state index in [9.17, 15) is 4.79 Å². The van der Waals surface area contributed by atoms with Crippen LogP contribution in [0.5, 0.6) is 0 Å². The Morgan fingerprint density at radius 1 is 1.38 bits per heavy atom. The summed E-state index contributed by atoms with van der Waals surface area (Å²) in [6.07, 6.45) is 2.74. The van der Waals surface area contributed by atoms with Gasteiger partial charge in [-0.05, 0) is 19.8 Å². The molecule has 3 rings (SSSR count). The smallest absolute Gasteiger partial charge is 0.223 e. The van der Waals surface area contributed by atoms with Gasteiger partial charge in [0.1, 0.15) is 17.5 Å². The molecule has 21 heavy (non-hydrogen) atoms. The van der Waals surface area contributed by atoms with Crippen LogP contribution in [0.4, 0.5) is 11.6 Å². The van der Waals surface area contributed by atoms with Gasteiger partial charge in [-0.2, -0.15) is 0 Å². The molecule has 0 aliphatic carbocycles. The zero-order valence-electron chi connectivity index (χ0n) is 12.8. The van der Waals surface area contributed by atoms with Crippen LogP contribution in [-0.4, -0.2) is 53.0 Å². The van der Waals surface area contributed by atoms with Crippen LogP contribution in [0.2, 0.25) is 0 Å². The maximum absolute atomic E-state index is 11.7. The van der Waals surface area contributed by atoms with Crippen molar-refractivity contribution in [3.05, 3.63) is 11.9 Å². The van der Waals surface area contributed by atoms with Gasteiger partial charge in [0.15, 0.2) is 0 Å². The van der Waals surface area contributed by atoms with Crippen LogP contribution in [0.3, 0.4) is 0 Å². The summed E-state index contributed by atoms with van der Waals surface area (Å²) in [7, 11) is 0. The number of piperazine rings is 1. The number of aryl methyl sites for hydroxylation is 1. The zero-order chi connectivity index (χ0) is 14.8. The summed E-state index contributed by atoms with van der Waals surface area (Å²) in [6, 6.07) is 2.38. The quantitative estimate of drug-likeness (QED) is 0.908. The van der Waals surface area contributed by atoms with E-state index in [0.29, 0.717) is 18.4 Å². The van der Waals surface area contributed by atoms with Gasteiger partial charge in [-0.1, -0.05) is 6.92 Å². The van der Waals surface area contributed by atoms with E-state index in [2.05, 4.69) is 27.1 Å². The van der Waals surface area contributed by atoms with E-state index in [4.69, 9.17) is 0 Å². The van der Waals surface area contributed by atoms with E-state index in [0.717, 1.165) is 56.5 Å². The Labute approximate surface area is 125 Å². The fourth-order valence-corrected chi connectivity index (χ4v) is 3.13. The number of carbonyl (C=O) groups is 1. The molecule has 1 amide bonds. The maximum atomic E-state index is 11.7. The fraction of sp³-hybridized carbons (Fsp3) is 0.667. The average Bonchev–Trinajstić information content (AvgIpc) is 2.85. The number of hydrogen-bond acceptors (Lipinski definition) is 5. The number of aromatic nitrogens is 2. The predicted octanol–water partition coefficient (Wildman–Crippen LogP) is 1.42. The number of rotatable bonds is 4. The first-order valence-electron chi connectivity index (χ1n) is 7.81. The lowest BCUT2D eigenvalue weighted by Gasteiger charge is -2.38. The summed E-state index contributed by atoms with van der Waals surface area (Å²) in [6.45, 7) is 7.53. The molecule has 1 atom stereocenters. The summed E-state index contributed by atoms with van der Waals surface area (Å²) in [5.74, 6) is 2.96. The number of anilines is 2. The molecule has 0 spiro atoms. The van der Waals surface area contributed by atoms with Crippen molar-refractivity contribution in [2.45, 2.75) is 39.2 Å². The second kappa shape index (κ2) is 5.87. The van der Waals surface area contributed by atoms with Crippen molar-refractivity contribution in [2.75, 3.05) is 36.4 Å². The highest BCUT2D eigenvalue weighted by atomic mass is 16.2. The third kappa shape index (κ3) is 2.94. The Bertz CT molecular complexity index is 533. The highest BCUT2D eigenvalue weighted by molar-refractivity contribution is 5.79. The molecule has 114 valence electrons. The average molecular weight is 289 g/mol. The van der Waals surface area contributed by atoms with Gasteiger partial charge in [0.2, 0.25) is 5.91 Å². The topological polar surface area (TPSA) is 61.4 Å². The SMILES string of the molecule is CCCNc1cc(N2CCN3C(=O)CCC3C2)nc(C)n1. The second-order valence-electron chi connectivity index (χ2n) is 5.81. The van der Waals surface area contributed by atoms with Crippen molar-refractivity contribution in [1.82, 2.24) is 14.9 Å². The number of nitrogens with zero attached hydrogens (tertiary/aromatic N) is 4. The van der Waals surface area contributed by atoms with Gasteiger partial charge in [0.25, 0.3) is 0 Å². The van der Waals surface area contributed by atoms with E-state index in [1.165, 1.54) is 0 Å². The van der Waals surface area contributed by atoms with Crippen molar-refractivity contribution in [2.24, 2.45) is 0 Å². The summed E-state index contributed by atoms with van der Waals surface area (Å²) < 4.78 is 0. The minimum absolute atomic E-state index is 0.309. The number of nitrogens with one attached hydrogen (secondary N) is 1. The molecule has 1 N–H and O–H groups in total. The van der Waals surface area contributed by atoms with E-state index in [1.807, 2.05) is 17.9 Å². The van der Waals surface area contributed by atoms with Crippen LogP contribution in [0, 0.1) is 6.92 Å². The first-order chi connectivity index (χ1) is 10.2. The largest absolute Gasteiger partial charge is 0.370 e. The molecule has 6 heteroatoms. The Balaban J connectivity index is 1.74. The van der Waals surface area contributed by atoms with Crippen LogP contribution in [0.25, 0.3) is 0 Å². The summed E-state index contributed by atoms with van der Waals surface area (Å²) >= 11 is 0. The van der Waals surface area contributed by atoms with Gasteiger partial charge >= 0.3 is 0 Å². The number of carbonyl (C=O) groups excluding carboxylic acids is 1. The molecule has 2 saturated heterocycles. The molecule has 1 unspecified atom stereocenters. The lowest BCUT2D eigenvalue weighted by Crippen LogP contribution is -2.51. The van der Waals surface area contributed by atoms with Gasteiger partial charge in [-0.15, -0.1) is 0 Å². The molecule has 0 saturated carbocycles. The van der Waals surface area contributed by atoms with Crippen LogP contribution in [0.15, 0.2) is 6.07 Å². The van der Waals surface area contributed by atoms with Crippen molar-refractivity contribution >= 4 is 17.5 Å². The van der Waals surface area contributed by atoms with Gasteiger partial charge in [0.05, 0.1) is 0 Å². The van der Waals surface area contributed by atoms with Crippen molar-refractivity contribution < 1.29 is 4.79 Å². The highest BCUT2D eigenvalue weighted by Crippen LogP contribution is 2.26. The predicted molar refractivity (Wildman–Crippen MR) is 82.5 cm³/mol. The Hall–Kier alpha value is -1.85.